The fourth-order valence-corrected chi connectivity index (χ4v) is 0.973. The summed E-state index contributed by atoms with van der Waals surface area (Å²) in [5.74, 6) is -0.860. The van der Waals surface area contributed by atoms with E-state index in [4.69, 9.17) is 30.6 Å². The first kappa shape index (κ1) is 15.8. The Morgan fingerprint density at radius 2 is 1.65 bits per heavy atom. The van der Waals surface area contributed by atoms with Gasteiger partial charge in [-0.25, -0.2) is 0 Å². The molecule has 0 aliphatic carbocycles. The Kier molecular flexibility index (Phi) is 7.36. The molecule has 0 fully saturated rings. The zero-order chi connectivity index (χ0) is 13.4. The van der Waals surface area contributed by atoms with Crippen LogP contribution >= 0.6 is 8.60 Å². The molecule has 1 unspecified atom stereocenters. The molecule has 8 heteroatoms. The van der Waals surface area contributed by atoms with Crippen molar-refractivity contribution < 1.29 is 29.7 Å². The molecule has 0 aromatic heterocycles. The monoisotopic (exact) mass is 263 g/mol. The highest BCUT2D eigenvalue weighted by atomic mass is 31.2. The van der Waals surface area contributed by atoms with E-state index in [-0.39, 0.29) is 12.2 Å². The van der Waals surface area contributed by atoms with Gasteiger partial charge in [-0.05, 0) is 24.1 Å². The molecule has 0 heterocycles. The van der Waals surface area contributed by atoms with Gasteiger partial charge in [0.05, 0.1) is 0 Å². The van der Waals surface area contributed by atoms with Crippen LogP contribution in [0.15, 0.2) is 24.3 Å². The third kappa shape index (κ3) is 8.56. The van der Waals surface area contributed by atoms with Crippen LogP contribution in [0.1, 0.15) is 5.56 Å². The van der Waals surface area contributed by atoms with Crippen molar-refractivity contribution in [1.29, 1.82) is 0 Å². The second kappa shape index (κ2) is 7.94. The minimum absolute atomic E-state index is 0.160. The van der Waals surface area contributed by atoms with Gasteiger partial charge in [-0.1, -0.05) is 12.1 Å². The van der Waals surface area contributed by atoms with Crippen LogP contribution < -0.4 is 5.73 Å². The summed E-state index contributed by atoms with van der Waals surface area (Å²) in [6.07, 6.45) is 0.273. The first-order valence-electron chi connectivity index (χ1n) is 4.46. The summed E-state index contributed by atoms with van der Waals surface area (Å²) >= 11 is 0. The molecule has 1 aromatic carbocycles. The number of rotatable bonds is 3. The minimum Gasteiger partial charge on any atom is -0.508 e. The topological polar surface area (TPSA) is 144 Å². The molecular formula is C9H14NO6P. The molecule has 0 aliphatic heterocycles. The zero-order valence-electron chi connectivity index (χ0n) is 8.76. The number of carbonyl (C=O) groups is 1. The smallest absolute Gasteiger partial charge is 0.324 e. The number of carboxylic acids is 1. The number of carboxylic acid groups (broad SMARTS) is 1. The molecule has 0 radical (unpaired) electrons. The number of nitrogens with two attached hydrogens (primary N) is 1. The molecule has 0 amide bonds. The largest absolute Gasteiger partial charge is 0.508 e. The van der Waals surface area contributed by atoms with Gasteiger partial charge < -0.3 is 30.6 Å². The quantitative estimate of drug-likeness (QED) is 0.404. The van der Waals surface area contributed by atoms with E-state index in [0.717, 1.165) is 5.56 Å². The Morgan fingerprint density at radius 3 is 2.00 bits per heavy atom. The van der Waals surface area contributed by atoms with Crippen LogP contribution in [-0.2, 0) is 11.2 Å². The highest BCUT2D eigenvalue weighted by Gasteiger charge is 2.11. The lowest BCUT2D eigenvalue weighted by Crippen LogP contribution is -2.32. The molecule has 7 nitrogen and oxygen atoms in total. The number of phenols is 1. The summed E-state index contributed by atoms with van der Waals surface area (Å²) in [7, 11) is -2.62. The van der Waals surface area contributed by atoms with Crippen LogP contribution in [0, 0.1) is 0 Å². The molecule has 0 saturated heterocycles. The maximum atomic E-state index is 10.4. The summed E-state index contributed by atoms with van der Waals surface area (Å²) < 4.78 is 0. The maximum absolute atomic E-state index is 10.4. The normalized spacial score (nSPS) is 11.6. The molecule has 17 heavy (non-hydrogen) atoms. The summed E-state index contributed by atoms with van der Waals surface area (Å²) in [5.41, 5.74) is 6.12. The average Bonchev–Trinajstić information content (AvgIpc) is 2.20. The number of aliphatic carboxylic acids is 1. The van der Waals surface area contributed by atoms with Gasteiger partial charge in [0.1, 0.15) is 11.8 Å². The van der Waals surface area contributed by atoms with Crippen LogP contribution in [0.25, 0.3) is 0 Å². The Labute approximate surface area is 98.8 Å². The highest BCUT2D eigenvalue weighted by Crippen LogP contribution is 2.11. The van der Waals surface area contributed by atoms with E-state index in [1.165, 1.54) is 12.1 Å². The van der Waals surface area contributed by atoms with Crippen molar-refractivity contribution in [3.05, 3.63) is 29.8 Å². The molecule has 1 aromatic rings. The van der Waals surface area contributed by atoms with Crippen molar-refractivity contribution >= 4 is 14.6 Å². The molecular weight excluding hydrogens is 249 g/mol. The van der Waals surface area contributed by atoms with Crippen molar-refractivity contribution in [2.45, 2.75) is 12.5 Å². The summed E-state index contributed by atoms with van der Waals surface area (Å²) in [5, 5.41) is 17.5. The number of aromatic hydroxyl groups is 1. The van der Waals surface area contributed by atoms with Crippen molar-refractivity contribution in [1.82, 2.24) is 0 Å². The highest BCUT2D eigenvalue weighted by molar-refractivity contribution is 7.38. The third-order valence-electron chi connectivity index (χ3n) is 1.71. The van der Waals surface area contributed by atoms with E-state index in [1.807, 2.05) is 0 Å². The molecule has 0 spiro atoms. The van der Waals surface area contributed by atoms with Crippen LogP contribution in [0.3, 0.4) is 0 Å². The number of benzene rings is 1. The van der Waals surface area contributed by atoms with E-state index in [1.54, 1.807) is 12.1 Å². The first-order valence-corrected chi connectivity index (χ1v) is 5.66. The van der Waals surface area contributed by atoms with Crippen molar-refractivity contribution in [2.24, 2.45) is 5.73 Å². The van der Waals surface area contributed by atoms with Gasteiger partial charge in [0, 0.05) is 0 Å². The van der Waals surface area contributed by atoms with Gasteiger partial charge >= 0.3 is 14.6 Å². The van der Waals surface area contributed by atoms with E-state index >= 15 is 0 Å². The van der Waals surface area contributed by atoms with Gasteiger partial charge in [-0.15, -0.1) is 0 Å². The van der Waals surface area contributed by atoms with E-state index in [2.05, 4.69) is 0 Å². The molecule has 1 atom stereocenters. The summed E-state index contributed by atoms with van der Waals surface area (Å²) in [4.78, 5) is 32.1. The average molecular weight is 263 g/mol. The fraction of sp³-hybridized carbons (Fsp3) is 0.222. The van der Waals surface area contributed by atoms with Crippen molar-refractivity contribution in [3.63, 3.8) is 0 Å². The van der Waals surface area contributed by atoms with Crippen molar-refractivity contribution in [3.8, 4) is 5.75 Å². The predicted octanol–water partition coefficient (Wildman–Crippen LogP) is -0.463. The molecule has 96 valence electrons. The van der Waals surface area contributed by atoms with Gasteiger partial charge in [0.2, 0.25) is 0 Å². The molecule has 7 N–H and O–H groups in total. The van der Waals surface area contributed by atoms with Crippen LogP contribution in [0.5, 0.6) is 5.75 Å². The lowest BCUT2D eigenvalue weighted by molar-refractivity contribution is -0.138. The first-order chi connectivity index (χ1) is 7.82. The van der Waals surface area contributed by atoms with E-state index in [9.17, 15) is 4.79 Å². The van der Waals surface area contributed by atoms with Gasteiger partial charge in [0.25, 0.3) is 0 Å². The number of hydrogen-bond acceptors (Lipinski definition) is 6. The van der Waals surface area contributed by atoms with Gasteiger partial charge in [0.15, 0.2) is 0 Å². The van der Waals surface area contributed by atoms with Crippen molar-refractivity contribution in [2.75, 3.05) is 0 Å². The van der Waals surface area contributed by atoms with Crippen LogP contribution in [-0.4, -0.2) is 36.9 Å². The fourth-order valence-electron chi connectivity index (χ4n) is 0.973. The summed E-state index contributed by atoms with van der Waals surface area (Å²) in [6.45, 7) is 0. The van der Waals surface area contributed by atoms with Crippen LogP contribution in [0.4, 0.5) is 0 Å². The summed E-state index contributed by atoms with van der Waals surface area (Å²) in [6, 6.07) is 5.42. The standard InChI is InChI=1S/C9H11NO3.H3O3P/c10-8(9(12)13)5-6-1-3-7(11)4-2-6;1-4(2)3/h1-4,8,11H,5,10H2,(H,12,13);1-3H. The van der Waals surface area contributed by atoms with Gasteiger partial charge in [-0.3, -0.25) is 4.79 Å². The minimum atomic E-state index is -2.62. The van der Waals surface area contributed by atoms with E-state index in [0.29, 0.717) is 0 Å². The SMILES string of the molecule is NC(Cc1ccc(O)cc1)C(=O)O.OP(O)O. The second-order valence-corrected chi connectivity index (χ2v) is 3.62. The van der Waals surface area contributed by atoms with Gasteiger partial charge in [-0.2, -0.15) is 0 Å². The predicted molar refractivity (Wildman–Crippen MR) is 61.0 cm³/mol. The Bertz CT molecular complexity index is 339. The Hall–Kier alpha value is -1.24. The Balaban J connectivity index is 0.000000557. The lowest BCUT2D eigenvalue weighted by atomic mass is 10.1. The lowest BCUT2D eigenvalue weighted by Gasteiger charge is -2.05. The maximum Gasteiger partial charge on any atom is 0.324 e. The second-order valence-electron chi connectivity index (χ2n) is 3.08. The molecule has 1 rings (SSSR count). The number of hydrogen-bond donors (Lipinski definition) is 6. The zero-order valence-corrected chi connectivity index (χ0v) is 9.66. The number of phenolic OH excluding ortho intramolecular Hbond substituents is 1. The molecule has 0 aliphatic rings. The van der Waals surface area contributed by atoms with E-state index < -0.39 is 20.6 Å². The molecule has 0 saturated carbocycles. The Morgan fingerprint density at radius 1 is 1.24 bits per heavy atom. The molecule has 0 bridgehead atoms. The third-order valence-corrected chi connectivity index (χ3v) is 1.71. The van der Waals surface area contributed by atoms with Crippen LogP contribution in [0.2, 0.25) is 0 Å².